The van der Waals surface area contributed by atoms with Gasteiger partial charge in [0.2, 0.25) is 11.6 Å². The number of nitrogens with one attached hydrogen (secondary N) is 1. The number of nitrogens with zero attached hydrogens (tertiary/aromatic N) is 2. The first-order valence-corrected chi connectivity index (χ1v) is 11.1. The molecular weight excluding hydrogens is 442 g/mol. The highest BCUT2D eigenvalue weighted by Gasteiger charge is 2.24. The van der Waals surface area contributed by atoms with Crippen LogP contribution in [0.15, 0.2) is 79.9 Å². The van der Waals surface area contributed by atoms with Gasteiger partial charge in [0.25, 0.3) is 5.56 Å². The maximum Gasteiger partial charge on any atom is 0.342 e. The summed E-state index contributed by atoms with van der Waals surface area (Å²) in [6.07, 6.45) is 1.23. The van der Waals surface area contributed by atoms with E-state index < -0.39 is 17.4 Å². The topological polar surface area (TPSA) is 103 Å². The molecule has 1 amide bonds. The molecule has 9 heteroatoms. The molecule has 0 saturated carbocycles. The quantitative estimate of drug-likeness (QED) is 0.408. The molecule has 4 aromatic rings. The van der Waals surface area contributed by atoms with Crippen LogP contribution in [0.1, 0.15) is 23.0 Å². The number of benzene rings is 2. The maximum absolute atomic E-state index is 13.0. The third kappa shape index (κ3) is 4.83. The Morgan fingerprint density at radius 3 is 2.61 bits per heavy atom. The average Bonchev–Trinajstić information content (AvgIpc) is 3.15. The number of anilines is 1. The van der Waals surface area contributed by atoms with Gasteiger partial charge in [0.1, 0.15) is 29.6 Å². The van der Waals surface area contributed by atoms with Crippen molar-refractivity contribution in [2.75, 3.05) is 11.9 Å². The lowest BCUT2D eigenvalue weighted by Crippen LogP contribution is -2.28. The van der Waals surface area contributed by atoms with E-state index >= 15 is 0 Å². The molecular formula is C24H21N3O5S. The molecule has 2 aromatic heterocycles. The number of para-hydroxylation sites is 1. The molecule has 8 nitrogen and oxygen atoms in total. The van der Waals surface area contributed by atoms with Gasteiger partial charge in [-0.3, -0.25) is 14.2 Å². The molecule has 168 valence electrons. The normalized spacial score (nSPS) is 10.8. The number of ether oxygens (including phenoxy) is 1. The zero-order valence-corrected chi connectivity index (χ0v) is 18.8. The van der Waals surface area contributed by atoms with Crippen LogP contribution >= 0.6 is 11.8 Å². The molecule has 33 heavy (non-hydrogen) atoms. The summed E-state index contributed by atoms with van der Waals surface area (Å²) in [6.45, 7) is 3.11. The number of aromatic nitrogens is 2. The van der Waals surface area contributed by atoms with E-state index in [1.807, 2.05) is 48.5 Å². The van der Waals surface area contributed by atoms with Crippen molar-refractivity contribution in [3.05, 3.63) is 82.6 Å². The van der Waals surface area contributed by atoms with Crippen LogP contribution in [0.5, 0.6) is 0 Å². The second-order valence-electron chi connectivity index (χ2n) is 7.07. The minimum Gasteiger partial charge on any atom is -0.462 e. The van der Waals surface area contributed by atoms with Crippen molar-refractivity contribution in [3.63, 3.8) is 0 Å². The van der Waals surface area contributed by atoms with E-state index in [2.05, 4.69) is 10.3 Å². The van der Waals surface area contributed by atoms with Crippen LogP contribution in [-0.4, -0.2) is 28.0 Å². The van der Waals surface area contributed by atoms with E-state index in [4.69, 9.17) is 9.15 Å². The van der Waals surface area contributed by atoms with Crippen LogP contribution in [0.25, 0.3) is 11.1 Å². The molecule has 0 saturated heterocycles. The summed E-state index contributed by atoms with van der Waals surface area (Å²) in [7, 11) is 0. The molecule has 0 fully saturated rings. The summed E-state index contributed by atoms with van der Waals surface area (Å²) in [4.78, 5) is 44.1. The first kappa shape index (κ1) is 22.3. The molecule has 0 bridgehead atoms. The van der Waals surface area contributed by atoms with E-state index in [1.54, 1.807) is 19.9 Å². The number of rotatable bonds is 7. The summed E-state index contributed by atoms with van der Waals surface area (Å²) in [5.74, 6) is -0.832. The fraction of sp³-hybridized carbons (Fsp3) is 0.167. The number of fused-ring (bicyclic) bond motifs is 1. The Balaban J connectivity index is 1.58. The Kier molecular flexibility index (Phi) is 6.60. The largest absolute Gasteiger partial charge is 0.462 e. The maximum atomic E-state index is 13.0. The minimum atomic E-state index is -0.665. The Morgan fingerprint density at radius 2 is 1.85 bits per heavy atom. The van der Waals surface area contributed by atoms with E-state index in [-0.39, 0.29) is 35.6 Å². The van der Waals surface area contributed by atoms with E-state index in [1.165, 1.54) is 18.1 Å². The molecule has 4 rings (SSSR count). The second-order valence-corrected chi connectivity index (χ2v) is 8.19. The summed E-state index contributed by atoms with van der Waals surface area (Å²) in [5, 5.41) is 2.86. The highest BCUT2D eigenvalue weighted by atomic mass is 32.2. The van der Waals surface area contributed by atoms with Crippen molar-refractivity contribution < 1.29 is 18.7 Å². The van der Waals surface area contributed by atoms with Crippen molar-refractivity contribution in [1.29, 1.82) is 0 Å². The Bertz CT molecular complexity index is 1380. The summed E-state index contributed by atoms with van der Waals surface area (Å²) < 4.78 is 11.6. The number of hydrogen-bond acceptors (Lipinski definition) is 7. The van der Waals surface area contributed by atoms with Gasteiger partial charge >= 0.3 is 5.97 Å². The molecule has 0 aliphatic rings. The zero-order valence-electron chi connectivity index (χ0n) is 18.0. The van der Waals surface area contributed by atoms with Crippen molar-refractivity contribution in [2.45, 2.75) is 30.2 Å². The van der Waals surface area contributed by atoms with E-state index in [0.717, 1.165) is 14.4 Å². The van der Waals surface area contributed by atoms with Crippen molar-refractivity contribution in [3.8, 4) is 0 Å². The lowest BCUT2D eigenvalue weighted by atomic mass is 10.2. The number of carbonyl (C=O) groups excluding carboxylic acids is 2. The first-order valence-electron chi connectivity index (χ1n) is 10.3. The van der Waals surface area contributed by atoms with E-state index in [9.17, 15) is 14.4 Å². The monoisotopic (exact) mass is 463 g/mol. The van der Waals surface area contributed by atoms with Gasteiger partial charge in [-0.05, 0) is 38.1 Å². The number of amides is 1. The SMILES string of the molecule is CCOC(=O)c1c(C)oc2ncn(CC(=O)Nc3ccccc3Sc3ccccc3)c(=O)c12. The molecule has 0 radical (unpaired) electrons. The first-order chi connectivity index (χ1) is 16.0. The van der Waals surface area contributed by atoms with Crippen LogP contribution in [0, 0.1) is 6.92 Å². The molecule has 0 atom stereocenters. The molecule has 2 heterocycles. The van der Waals surface area contributed by atoms with Gasteiger partial charge < -0.3 is 14.5 Å². The predicted molar refractivity (Wildman–Crippen MR) is 125 cm³/mol. The molecule has 2 aromatic carbocycles. The molecule has 0 unspecified atom stereocenters. The van der Waals surface area contributed by atoms with Gasteiger partial charge in [-0.25, -0.2) is 9.78 Å². The van der Waals surface area contributed by atoms with Gasteiger partial charge in [-0.1, -0.05) is 42.1 Å². The lowest BCUT2D eigenvalue weighted by Gasteiger charge is -2.11. The third-order valence-electron chi connectivity index (χ3n) is 4.78. The number of carbonyl (C=O) groups is 2. The zero-order chi connectivity index (χ0) is 23.4. The lowest BCUT2D eigenvalue weighted by molar-refractivity contribution is -0.116. The van der Waals surface area contributed by atoms with Gasteiger partial charge in [-0.15, -0.1) is 0 Å². The van der Waals surface area contributed by atoms with Crippen molar-refractivity contribution in [1.82, 2.24) is 9.55 Å². The Hall–Kier alpha value is -3.85. The number of esters is 1. The minimum absolute atomic E-state index is 0.00119. The van der Waals surface area contributed by atoms with Crippen LogP contribution in [0.4, 0.5) is 5.69 Å². The second kappa shape index (κ2) is 9.74. The Morgan fingerprint density at radius 1 is 1.12 bits per heavy atom. The van der Waals surface area contributed by atoms with Crippen molar-refractivity contribution in [2.24, 2.45) is 0 Å². The van der Waals surface area contributed by atoms with Crippen LogP contribution < -0.4 is 10.9 Å². The van der Waals surface area contributed by atoms with Crippen LogP contribution in [-0.2, 0) is 16.1 Å². The summed E-state index contributed by atoms with van der Waals surface area (Å²) >= 11 is 1.52. The van der Waals surface area contributed by atoms with Crippen molar-refractivity contribution >= 4 is 40.4 Å². The number of aryl methyl sites for hydroxylation is 1. The fourth-order valence-electron chi connectivity index (χ4n) is 3.32. The summed E-state index contributed by atoms with van der Waals surface area (Å²) in [5.41, 5.74) is 0.136. The van der Waals surface area contributed by atoms with Gasteiger partial charge in [0, 0.05) is 9.79 Å². The van der Waals surface area contributed by atoms with E-state index in [0.29, 0.717) is 5.69 Å². The summed E-state index contributed by atoms with van der Waals surface area (Å²) in [6, 6.07) is 17.2. The average molecular weight is 464 g/mol. The molecule has 0 spiro atoms. The van der Waals surface area contributed by atoms with Crippen LogP contribution in [0.3, 0.4) is 0 Å². The highest BCUT2D eigenvalue weighted by molar-refractivity contribution is 7.99. The molecule has 0 aliphatic carbocycles. The highest BCUT2D eigenvalue weighted by Crippen LogP contribution is 2.33. The van der Waals surface area contributed by atoms with Gasteiger partial charge in [-0.2, -0.15) is 0 Å². The number of furan rings is 1. The number of hydrogen-bond donors (Lipinski definition) is 1. The van der Waals surface area contributed by atoms with Gasteiger partial charge in [0.15, 0.2) is 0 Å². The van der Waals surface area contributed by atoms with Gasteiger partial charge in [0.05, 0.1) is 12.3 Å². The molecule has 0 aliphatic heterocycles. The fourth-order valence-corrected chi connectivity index (χ4v) is 4.24. The Labute approximate surface area is 193 Å². The standard InChI is InChI=1S/C24H21N3O5S/c1-3-31-24(30)20-15(2)32-22-21(20)23(29)27(14-25-22)13-19(28)26-17-11-7-8-12-18(17)33-16-9-5-4-6-10-16/h4-12,14H,3,13H2,1-2H3,(H,26,28). The third-order valence-corrected chi connectivity index (χ3v) is 5.86. The molecule has 1 N–H and O–H groups in total. The van der Waals surface area contributed by atoms with Crippen LogP contribution in [0.2, 0.25) is 0 Å². The predicted octanol–water partition coefficient (Wildman–Crippen LogP) is 4.26. The smallest absolute Gasteiger partial charge is 0.342 e.